The van der Waals surface area contributed by atoms with Crippen LogP contribution in [0.15, 0.2) is 24.3 Å². The van der Waals surface area contributed by atoms with Crippen LogP contribution in [0.25, 0.3) is 11.3 Å². The molecule has 0 radical (unpaired) electrons. The second-order valence-electron chi connectivity index (χ2n) is 10.5. The van der Waals surface area contributed by atoms with E-state index in [-0.39, 0.29) is 17.3 Å². The SMILES string of the molecule is Cc1ccc(F)cc1-c1cc(C2CC2)n(C2CC3(C2)CN(C(=O)OC(C)(C)C)C3)n1. The van der Waals surface area contributed by atoms with Crippen LogP contribution in [0.5, 0.6) is 0 Å². The van der Waals surface area contributed by atoms with Crippen LogP contribution >= 0.6 is 0 Å². The third-order valence-corrected chi connectivity index (χ3v) is 6.62. The normalized spacial score (nSPS) is 20.8. The molecule has 1 aliphatic heterocycles. The van der Waals surface area contributed by atoms with E-state index in [0.29, 0.717) is 12.0 Å². The Bertz CT molecular complexity index is 988. The summed E-state index contributed by atoms with van der Waals surface area (Å²) < 4.78 is 21.5. The molecule has 3 aliphatic rings. The fraction of sp³-hybridized carbons (Fsp3) is 0.583. The topological polar surface area (TPSA) is 47.4 Å². The molecule has 2 saturated carbocycles. The lowest BCUT2D eigenvalue weighted by molar-refractivity contribution is -0.0931. The highest BCUT2D eigenvalue weighted by Crippen LogP contribution is 2.55. The van der Waals surface area contributed by atoms with Crippen LogP contribution in [0.2, 0.25) is 0 Å². The maximum absolute atomic E-state index is 13.8. The summed E-state index contributed by atoms with van der Waals surface area (Å²) in [6.07, 6.45) is 4.28. The van der Waals surface area contributed by atoms with Gasteiger partial charge in [-0.3, -0.25) is 4.68 Å². The average molecular weight is 412 g/mol. The van der Waals surface area contributed by atoms with Crippen LogP contribution in [0.3, 0.4) is 0 Å². The second-order valence-corrected chi connectivity index (χ2v) is 10.5. The van der Waals surface area contributed by atoms with Crippen molar-refractivity contribution in [2.45, 2.75) is 70.9 Å². The van der Waals surface area contributed by atoms with Gasteiger partial charge in [-0.2, -0.15) is 5.10 Å². The minimum absolute atomic E-state index is 0.210. The molecule has 1 aromatic carbocycles. The summed E-state index contributed by atoms with van der Waals surface area (Å²) >= 11 is 0. The fourth-order valence-electron chi connectivity index (χ4n) is 4.98. The van der Waals surface area contributed by atoms with Crippen molar-refractivity contribution in [1.82, 2.24) is 14.7 Å². The van der Waals surface area contributed by atoms with Crippen molar-refractivity contribution in [2.24, 2.45) is 5.41 Å². The minimum atomic E-state index is -0.457. The summed E-state index contributed by atoms with van der Waals surface area (Å²) in [6.45, 7) is 9.24. The summed E-state index contributed by atoms with van der Waals surface area (Å²) in [7, 11) is 0. The number of hydrogen-bond donors (Lipinski definition) is 0. The summed E-state index contributed by atoms with van der Waals surface area (Å²) in [5.74, 6) is 0.355. The molecule has 160 valence electrons. The van der Waals surface area contributed by atoms with Crippen LogP contribution in [-0.2, 0) is 4.74 Å². The van der Waals surface area contributed by atoms with Crippen LogP contribution in [0, 0.1) is 18.2 Å². The molecule has 0 atom stereocenters. The number of aryl methyl sites for hydroxylation is 1. The van der Waals surface area contributed by atoms with Gasteiger partial charge in [-0.1, -0.05) is 6.07 Å². The van der Waals surface area contributed by atoms with Gasteiger partial charge >= 0.3 is 6.09 Å². The molecule has 30 heavy (non-hydrogen) atoms. The summed E-state index contributed by atoms with van der Waals surface area (Å²) in [4.78, 5) is 14.1. The van der Waals surface area contributed by atoms with Gasteiger partial charge in [0.05, 0.1) is 11.7 Å². The van der Waals surface area contributed by atoms with Crippen molar-refractivity contribution in [1.29, 1.82) is 0 Å². The number of halogens is 1. The maximum Gasteiger partial charge on any atom is 0.410 e. The van der Waals surface area contributed by atoms with Crippen molar-refractivity contribution in [3.05, 3.63) is 41.3 Å². The predicted octanol–water partition coefficient (Wildman–Crippen LogP) is 5.45. The highest BCUT2D eigenvalue weighted by Gasteiger charge is 2.55. The van der Waals surface area contributed by atoms with Crippen LogP contribution in [0.4, 0.5) is 9.18 Å². The zero-order valence-corrected chi connectivity index (χ0v) is 18.2. The minimum Gasteiger partial charge on any atom is -0.444 e. The Hall–Kier alpha value is -2.37. The number of benzene rings is 1. The maximum atomic E-state index is 13.8. The third-order valence-electron chi connectivity index (χ3n) is 6.62. The number of likely N-dealkylation sites (tertiary alicyclic amines) is 1. The molecule has 1 amide bonds. The lowest BCUT2D eigenvalue weighted by Crippen LogP contribution is -2.64. The van der Waals surface area contributed by atoms with Gasteiger partial charge in [0.1, 0.15) is 11.4 Å². The Kier molecular flexibility index (Phi) is 4.28. The number of nitrogens with zero attached hydrogens (tertiary/aromatic N) is 3. The molecule has 5 rings (SSSR count). The molecule has 3 fully saturated rings. The molecule has 1 saturated heterocycles. The van der Waals surface area contributed by atoms with Crippen molar-refractivity contribution in [3.63, 3.8) is 0 Å². The van der Waals surface area contributed by atoms with Gasteiger partial charge < -0.3 is 9.64 Å². The van der Waals surface area contributed by atoms with Crippen LogP contribution in [-0.4, -0.2) is 39.5 Å². The highest BCUT2D eigenvalue weighted by atomic mass is 19.1. The predicted molar refractivity (Wildman–Crippen MR) is 113 cm³/mol. The molecular formula is C24H30FN3O2. The lowest BCUT2D eigenvalue weighted by atomic mass is 9.60. The van der Waals surface area contributed by atoms with Gasteiger partial charge in [0.15, 0.2) is 0 Å². The van der Waals surface area contributed by atoms with Gasteiger partial charge in [-0.25, -0.2) is 9.18 Å². The van der Waals surface area contributed by atoms with E-state index in [4.69, 9.17) is 9.84 Å². The Morgan fingerprint density at radius 1 is 1.20 bits per heavy atom. The summed E-state index contributed by atoms with van der Waals surface area (Å²) in [6, 6.07) is 7.44. The molecule has 1 aromatic heterocycles. The van der Waals surface area contributed by atoms with Crippen molar-refractivity contribution < 1.29 is 13.9 Å². The van der Waals surface area contributed by atoms with E-state index in [0.717, 1.165) is 42.8 Å². The quantitative estimate of drug-likeness (QED) is 0.675. The van der Waals surface area contributed by atoms with E-state index in [9.17, 15) is 9.18 Å². The van der Waals surface area contributed by atoms with E-state index in [2.05, 4.69) is 10.7 Å². The molecule has 0 bridgehead atoms. The van der Waals surface area contributed by atoms with Crippen molar-refractivity contribution >= 4 is 6.09 Å². The first-order valence-corrected chi connectivity index (χ1v) is 11.0. The number of amides is 1. The molecule has 0 N–H and O–H groups in total. The van der Waals surface area contributed by atoms with E-state index in [1.54, 1.807) is 6.07 Å². The lowest BCUT2D eigenvalue weighted by Gasteiger charge is -2.58. The first kappa shape index (κ1) is 19.6. The monoisotopic (exact) mass is 411 g/mol. The summed E-state index contributed by atoms with van der Waals surface area (Å²) in [5, 5.41) is 4.94. The fourth-order valence-corrected chi connectivity index (χ4v) is 4.98. The highest BCUT2D eigenvalue weighted by molar-refractivity contribution is 5.69. The van der Waals surface area contributed by atoms with E-state index in [1.807, 2.05) is 38.7 Å². The Morgan fingerprint density at radius 2 is 1.90 bits per heavy atom. The number of hydrogen-bond acceptors (Lipinski definition) is 3. The third kappa shape index (κ3) is 3.50. The number of carbonyl (C=O) groups excluding carboxylic acids is 1. The zero-order chi connectivity index (χ0) is 21.3. The van der Waals surface area contributed by atoms with Crippen LogP contribution in [0.1, 0.15) is 69.7 Å². The largest absolute Gasteiger partial charge is 0.444 e. The van der Waals surface area contributed by atoms with Gasteiger partial charge in [0.25, 0.3) is 0 Å². The van der Waals surface area contributed by atoms with Gasteiger partial charge in [-0.05, 0) is 77.1 Å². The standard InChI is InChI=1S/C24H30FN3O2/c1-15-5-8-17(25)9-19(15)20-10-21(16-6-7-16)28(26-20)18-11-24(12-18)13-27(14-24)22(29)30-23(2,3)4/h5,8-10,16,18H,6-7,11-14H2,1-4H3. The van der Waals surface area contributed by atoms with Crippen molar-refractivity contribution in [2.75, 3.05) is 13.1 Å². The van der Waals surface area contributed by atoms with Gasteiger partial charge in [0, 0.05) is 35.7 Å². The Balaban J connectivity index is 1.29. The van der Waals surface area contributed by atoms with Crippen LogP contribution < -0.4 is 0 Å². The first-order chi connectivity index (χ1) is 14.1. The number of carbonyl (C=O) groups is 1. The van der Waals surface area contributed by atoms with Crippen molar-refractivity contribution in [3.8, 4) is 11.3 Å². The molecule has 6 heteroatoms. The molecule has 2 aliphatic carbocycles. The van der Waals surface area contributed by atoms with E-state index in [1.165, 1.54) is 24.6 Å². The smallest absolute Gasteiger partial charge is 0.410 e. The number of ether oxygens (including phenoxy) is 1. The molecular weight excluding hydrogens is 381 g/mol. The second kappa shape index (κ2) is 6.56. The molecule has 2 heterocycles. The van der Waals surface area contributed by atoms with Gasteiger partial charge in [-0.15, -0.1) is 0 Å². The molecule has 5 nitrogen and oxygen atoms in total. The zero-order valence-electron chi connectivity index (χ0n) is 18.2. The first-order valence-electron chi connectivity index (χ1n) is 11.0. The van der Waals surface area contributed by atoms with E-state index < -0.39 is 5.60 Å². The van der Waals surface area contributed by atoms with E-state index >= 15 is 0 Å². The molecule has 1 spiro atoms. The molecule has 2 aromatic rings. The molecule has 0 unspecified atom stereocenters. The van der Waals surface area contributed by atoms with Gasteiger partial charge in [0.2, 0.25) is 0 Å². The number of rotatable bonds is 3. The number of aromatic nitrogens is 2. The Labute approximate surface area is 177 Å². The Morgan fingerprint density at radius 3 is 2.53 bits per heavy atom. The average Bonchev–Trinajstić information content (AvgIpc) is 3.33. The summed E-state index contributed by atoms with van der Waals surface area (Å²) in [5.41, 5.74) is 3.84.